The van der Waals surface area contributed by atoms with Gasteiger partial charge in [0.15, 0.2) is 6.10 Å². The summed E-state index contributed by atoms with van der Waals surface area (Å²) in [7, 11) is 0. The number of thiazole rings is 1. The number of esters is 1. The fraction of sp³-hybridized carbons (Fsp3) is 0.333. The monoisotopic (exact) mass is 400 g/mol. The zero-order chi connectivity index (χ0) is 20.9. The van der Waals surface area contributed by atoms with Crippen LogP contribution in [-0.4, -0.2) is 28.7 Å². The van der Waals surface area contributed by atoms with Gasteiger partial charge in [-0.3, -0.25) is 9.59 Å². The number of Topliss-reactive ketones (excluding diaryl/α,β-unsaturated/α-hetero) is 1. The molecule has 148 valence electrons. The van der Waals surface area contributed by atoms with Gasteiger partial charge in [-0.2, -0.15) is 0 Å². The molecular formula is C21H24N2O4S. The molecule has 1 N–H and O–H groups in total. The van der Waals surface area contributed by atoms with Gasteiger partial charge in [-0.1, -0.05) is 20.8 Å². The van der Waals surface area contributed by atoms with Crippen molar-refractivity contribution in [1.82, 2.24) is 4.98 Å². The van der Waals surface area contributed by atoms with Gasteiger partial charge < -0.3 is 10.1 Å². The molecule has 1 amide bonds. The first-order valence-electron chi connectivity index (χ1n) is 8.83. The third kappa shape index (κ3) is 6.13. The van der Waals surface area contributed by atoms with Crippen molar-refractivity contribution in [1.29, 1.82) is 0 Å². The summed E-state index contributed by atoms with van der Waals surface area (Å²) in [6, 6.07) is 6.49. The number of carbonyl (C=O) groups is 3. The van der Waals surface area contributed by atoms with E-state index in [1.807, 2.05) is 33.1 Å². The number of amides is 1. The van der Waals surface area contributed by atoms with Crippen LogP contribution in [0.3, 0.4) is 0 Å². The zero-order valence-corrected chi connectivity index (χ0v) is 17.4. The molecule has 1 atom stereocenters. The second-order valence-electron chi connectivity index (χ2n) is 7.35. The second kappa shape index (κ2) is 8.93. The third-order valence-corrected chi connectivity index (χ3v) is 4.59. The fourth-order valence-corrected chi connectivity index (χ4v) is 2.73. The lowest BCUT2D eigenvalue weighted by molar-refractivity contribution is -0.140. The first-order valence-corrected chi connectivity index (χ1v) is 9.71. The molecule has 1 aromatic heterocycles. The highest BCUT2D eigenvalue weighted by molar-refractivity contribution is 7.09. The molecule has 2 aromatic rings. The molecule has 1 unspecified atom stereocenters. The summed E-state index contributed by atoms with van der Waals surface area (Å²) in [6.07, 6.45) is 1.88. The Kier molecular flexibility index (Phi) is 6.85. The Labute approximate surface area is 168 Å². The predicted octanol–water partition coefficient (Wildman–Crippen LogP) is 4.26. The smallest absolute Gasteiger partial charge is 0.331 e. The fourth-order valence-electron chi connectivity index (χ4n) is 2.15. The minimum atomic E-state index is -0.927. The normalized spacial score (nSPS) is 12.6. The third-order valence-electron chi connectivity index (χ3n) is 3.80. The number of aryl methyl sites for hydroxylation is 1. The van der Waals surface area contributed by atoms with Gasteiger partial charge in [-0.15, -0.1) is 11.3 Å². The first-order chi connectivity index (χ1) is 13.1. The molecule has 0 spiro atoms. The van der Waals surface area contributed by atoms with E-state index in [0.29, 0.717) is 16.9 Å². The van der Waals surface area contributed by atoms with E-state index in [1.54, 1.807) is 30.3 Å². The highest BCUT2D eigenvalue weighted by atomic mass is 32.1. The molecule has 0 saturated heterocycles. The largest absolute Gasteiger partial charge is 0.451 e. The molecule has 0 radical (unpaired) electrons. The number of aromatic nitrogens is 1. The van der Waals surface area contributed by atoms with Crippen molar-refractivity contribution in [3.05, 3.63) is 52.0 Å². The number of ketones is 1. The van der Waals surface area contributed by atoms with Crippen LogP contribution in [0.5, 0.6) is 0 Å². The Bertz CT molecular complexity index is 892. The number of rotatable bonds is 6. The standard InChI is InChI=1S/C21H24N2O4S/c1-13(27-18(24)11-10-17-12-28-14(2)22-17)19(25)15-6-8-16(9-7-15)23-20(26)21(3,4)5/h6-13H,1-5H3,(H,23,26)/b11-10+. The van der Waals surface area contributed by atoms with Crippen LogP contribution in [0.4, 0.5) is 5.69 Å². The average Bonchev–Trinajstić information content (AvgIpc) is 3.04. The summed E-state index contributed by atoms with van der Waals surface area (Å²) >= 11 is 1.48. The summed E-state index contributed by atoms with van der Waals surface area (Å²) in [5.74, 6) is -1.04. The highest BCUT2D eigenvalue weighted by Gasteiger charge is 2.22. The number of nitrogens with one attached hydrogen (secondary N) is 1. The summed E-state index contributed by atoms with van der Waals surface area (Å²) in [5, 5.41) is 5.52. The van der Waals surface area contributed by atoms with Crippen LogP contribution in [0.25, 0.3) is 6.08 Å². The number of benzene rings is 1. The number of hydrogen-bond acceptors (Lipinski definition) is 6. The van der Waals surface area contributed by atoms with Crippen molar-refractivity contribution in [2.75, 3.05) is 5.32 Å². The van der Waals surface area contributed by atoms with Crippen LogP contribution in [-0.2, 0) is 14.3 Å². The molecule has 28 heavy (non-hydrogen) atoms. The topological polar surface area (TPSA) is 85.4 Å². The first kappa shape index (κ1) is 21.5. The molecule has 0 aliphatic heterocycles. The van der Waals surface area contributed by atoms with Crippen molar-refractivity contribution in [2.24, 2.45) is 5.41 Å². The molecule has 0 saturated carbocycles. The molecular weight excluding hydrogens is 376 g/mol. The van der Waals surface area contributed by atoms with Crippen molar-refractivity contribution in [3.63, 3.8) is 0 Å². The number of anilines is 1. The van der Waals surface area contributed by atoms with Gasteiger partial charge in [0.2, 0.25) is 11.7 Å². The van der Waals surface area contributed by atoms with Crippen LogP contribution >= 0.6 is 11.3 Å². The minimum Gasteiger partial charge on any atom is -0.451 e. The van der Waals surface area contributed by atoms with Gasteiger partial charge in [0.05, 0.1) is 10.7 Å². The van der Waals surface area contributed by atoms with Crippen molar-refractivity contribution in [2.45, 2.75) is 40.7 Å². The Morgan fingerprint density at radius 1 is 1.18 bits per heavy atom. The van der Waals surface area contributed by atoms with Gasteiger partial charge in [-0.25, -0.2) is 9.78 Å². The van der Waals surface area contributed by atoms with Gasteiger partial charge in [-0.05, 0) is 44.2 Å². The van der Waals surface area contributed by atoms with Crippen molar-refractivity contribution in [3.8, 4) is 0 Å². The highest BCUT2D eigenvalue weighted by Crippen LogP contribution is 2.18. The van der Waals surface area contributed by atoms with E-state index in [0.717, 1.165) is 5.01 Å². The van der Waals surface area contributed by atoms with E-state index in [4.69, 9.17) is 4.74 Å². The Morgan fingerprint density at radius 2 is 1.82 bits per heavy atom. The van der Waals surface area contributed by atoms with E-state index >= 15 is 0 Å². The van der Waals surface area contributed by atoms with Crippen LogP contribution in [0, 0.1) is 12.3 Å². The van der Waals surface area contributed by atoms with E-state index in [1.165, 1.54) is 24.3 Å². The summed E-state index contributed by atoms with van der Waals surface area (Å²) in [4.78, 5) is 40.6. The summed E-state index contributed by atoms with van der Waals surface area (Å²) in [5.41, 5.74) is 1.16. The Balaban J connectivity index is 1.94. The summed E-state index contributed by atoms with van der Waals surface area (Å²) < 4.78 is 5.17. The number of carbonyl (C=O) groups excluding carboxylic acids is 3. The Hall–Kier alpha value is -2.80. The number of ether oxygens (including phenoxy) is 1. The lowest BCUT2D eigenvalue weighted by Crippen LogP contribution is -2.27. The van der Waals surface area contributed by atoms with Crippen molar-refractivity contribution < 1.29 is 19.1 Å². The molecule has 7 heteroatoms. The molecule has 0 bridgehead atoms. The van der Waals surface area contributed by atoms with E-state index in [2.05, 4.69) is 10.3 Å². The van der Waals surface area contributed by atoms with Crippen LogP contribution in [0.15, 0.2) is 35.7 Å². The minimum absolute atomic E-state index is 0.115. The second-order valence-corrected chi connectivity index (χ2v) is 8.41. The number of nitrogens with zero attached hydrogens (tertiary/aromatic N) is 1. The maximum absolute atomic E-state index is 12.5. The molecule has 0 fully saturated rings. The van der Waals surface area contributed by atoms with Crippen LogP contribution in [0.1, 0.15) is 48.8 Å². The average molecular weight is 401 g/mol. The predicted molar refractivity (Wildman–Crippen MR) is 110 cm³/mol. The zero-order valence-electron chi connectivity index (χ0n) is 16.6. The molecule has 0 aliphatic rings. The quantitative estimate of drug-likeness (QED) is 0.445. The maximum Gasteiger partial charge on any atom is 0.331 e. The lowest BCUT2D eigenvalue weighted by atomic mass is 9.95. The molecule has 1 aromatic carbocycles. The molecule has 1 heterocycles. The van der Waals surface area contributed by atoms with Gasteiger partial charge >= 0.3 is 5.97 Å². The van der Waals surface area contributed by atoms with Crippen molar-refractivity contribution >= 4 is 40.8 Å². The van der Waals surface area contributed by atoms with Crippen LogP contribution < -0.4 is 5.32 Å². The van der Waals surface area contributed by atoms with Crippen LogP contribution in [0.2, 0.25) is 0 Å². The molecule has 2 rings (SSSR count). The SMILES string of the molecule is Cc1nc(/C=C/C(=O)OC(C)C(=O)c2ccc(NC(=O)C(C)(C)C)cc2)cs1. The summed E-state index contributed by atoms with van der Waals surface area (Å²) in [6.45, 7) is 8.86. The Morgan fingerprint density at radius 3 is 2.36 bits per heavy atom. The molecule has 0 aliphatic carbocycles. The van der Waals surface area contributed by atoms with E-state index < -0.39 is 17.5 Å². The lowest BCUT2D eigenvalue weighted by Gasteiger charge is -2.18. The van der Waals surface area contributed by atoms with Gasteiger partial charge in [0.1, 0.15) is 0 Å². The van der Waals surface area contributed by atoms with Gasteiger partial charge in [0.25, 0.3) is 0 Å². The number of hydrogen-bond donors (Lipinski definition) is 1. The maximum atomic E-state index is 12.5. The van der Waals surface area contributed by atoms with E-state index in [-0.39, 0.29) is 11.7 Å². The van der Waals surface area contributed by atoms with E-state index in [9.17, 15) is 14.4 Å². The van der Waals surface area contributed by atoms with Gasteiger partial charge in [0, 0.05) is 28.1 Å². The molecule has 6 nitrogen and oxygen atoms in total.